The zero-order valence-electron chi connectivity index (χ0n) is 15.2. The van der Waals surface area contributed by atoms with Gasteiger partial charge in [0.05, 0.1) is 46.5 Å². The molecule has 1 aliphatic rings. The van der Waals surface area contributed by atoms with Crippen molar-refractivity contribution in [2.45, 2.75) is 19.5 Å². The van der Waals surface area contributed by atoms with Gasteiger partial charge in [-0.2, -0.15) is 5.10 Å². The summed E-state index contributed by atoms with van der Waals surface area (Å²) in [5, 5.41) is 17.5. The summed E-state index contributed by atoms with van der Waals surface area (Å²) < 4.78 is 4.07. The molecule has 4 aromatic rings. The van der Waals surface area contributed by atoms with Crippen LogP contribution in [0.2, 0.25) is 0 Å². The Hall–Kier alpha value is -3.45. The minimum Gasteiger partial charge on any atom is -0.478 e. The number of para-hydroxylation sites is 2. The van der Waals surface area contributed by atoms with E-state index in [0.717, 1.165) is 41.9 Å². The third-order valence-electron chi connectivity index (χ3n) is 5.22. The maximum absolute atomic E-state index is 11.1. The molecule has 0 fully saturated rings. The van der Waals surface area contributed by atoms with Crippen LogP contribution in [0.1, 0.15) is 27.3 Å². The van der Waals surface area contributed by atoms with Crippen LogP contribution in [0.5, 0.6) is 0 Å². The monoisotopic (exact) mass is 373 g/mol. The minimum absolute atomic E-state index is 0.275. The number of aromatic carboxylic acids is 1. The molecule has 0 saturated carbocycles. The van der Waals surface area contributed by atoms with E-state index in [4.69, 9.17) is 10.2 Å². The normalized spacial score (nSPS) is 13.6. The van der Waals surface area contributed by atoms with Crippen LogP contribution in [-0.4, -0.2) is 37.0 Å². The summed E-state index contributed by atoms with van der Waals surface area (Å²) in [6, 6.07) is 14.9. The number of fused-ring (bicyclic) bond motifs is 2. The molecule has 0 unspecified atom stereocenters. The number of hydrogen-bond donors (Lipinski definition) is 2. The van der Waals surface area contributed by atoms with Gasteiger partial charge in [-0.1, -0.05) is 12.1 Å². The average Bonchev–Trinajstić information content (AvgIpc) is 3.31. The predicted octanol–water partition coefficient (Wildman–Crippen LogP) is 2.61. The summed E-state index contributed by atoms with van der Waals surface area (Å²) in [5.74, 6) is -0.925. The SMILES string of the molecule is O=C(O)c1ccc(-n2nc(Cn3cnc4ccccc43)c3c2CCNC3)cc1. The third-order valence-corrected chi connectivity index (χ3v) is 5.22. The second-order valence-electron chi connectivity index (χ2n) is 6.92. The predicted molar refractivity (Wildman–Crippen MR) is 105 cm³/mol. The number of nitrogens with one attached hydrogen (secondary N) is 1. The molecule has 5 rings (SSSR count). The van der Waals surface area contributed by atoms with Gasteiger partial charge in [-0.3, -0.25) is 0 Å². The maximum Gasteiger partial charge on any atom is 0.335 e. The van der Waals surface area contributed by atoms with Crippen LogP contribution in [0, 0.1) is 0 Å². The molecule has 0 radical (unpaired) electrons. The van der Waals surface area contributed by atoms with Gasteiger partial charge in [-0.25, -0.2) is 14.5 Å². The smallest absolute Gasteiger partial charge is 0.335 e. The molecule has 0 spiro atoms. The average molecular weight is 373 g/mol. The lowest BCUT2D eigenvalue weighted by Crippen LogP contribution is -2.25. The first-order valence-corrected chi connectivity index (χ1v) is 9.24. The van der Waals surface area contributed by atoms with Crippen LogP contribution in [0.4, 0.5) is 0 Å². The van der Waals surface area contributed by atoms with Gasteiger partial charge in [0.15, 0.2) is 0 Å². The number of hydrogen-bond acceptors (Lipinski definition) is 4. The fourth-order valence-corrected chi connectivity index (χ4v) is 3.80. The highest BCUT2D eigenvalue weighted by Crippen LogP contribution is 2.24. The highest BCUT2D eigenvalue weighted by molar-refractivity contribution is 5.87. The Bertz CT molecular complexity index is 1170. The van der Waals surface area contributed by atoms with Crippen LogP contribution in [0.3, 0.4) is 0 Å². The van der Waals surface area contributed by atoms with E-state index in [1.807, 2.05) is 41.3 Å². The first kappa shape index (κ1) is 16.7. The van der Waals surface area contributed by atoms with Gasteiger partial charge in [0, 0.05) is 25.1 Å². The summed E-state index contributed by atoms with van der Waals surface area (Å²) in [6.45, 7) is 2.33. The first-order chi connectivity index (χ1) is 13.7. The number of imidazole rings is 1. The summed E-state index contributed by atoms with van der Waals surface area (Å²) in [4.78, 5) is 15.6. The zero-order valence-corrected chi connectivity index (χ0v) is 15.2. The molecule has 0 amide bonds. The molecule has 0 atom stereocenters. The maximum atomic E-state index is 11.1. The third kappa shape index (κ3) is 2.76. The van der Waals surface area contributed by atoms with E-state index in [-0.39, 0.29) is 5.56 Å². The largest absolute Gasteiger partial charge is 0.478 e. The Morgan fingerprint density at radius 1 is 1.14 bits per heavy atom. The lowest BCUT2D eigenvalue weighted by molar-refractivity contribution is 0.0697. The van der Waals surface area contributed by atoms with E-state index in [0.29, 0.717) is 6.54 Å². The second-order valence-corrected chi connectivity index (χ2v) is 6.92. The minimum atomic E-state index is -0.925. The molecule has 2 aromatic heterocycles. The van der Waals surface area contributed by atoms with E-state index in [2.05, 4.69) is 20.9 Å². The topological polar surface area (TPSA) is 85.0 Å². The van der Waals surface area contributed by atoms with Crippen molar-refractivity contribution in [2.75, 3.05) is 6.54 Å². The fraction of sp³-hybridized carbons (Fsp3) is 0.190. The first-order valence-electron chi connectivity index (χ1n) is 9.24. The number of aromatic nitrogens is 4. The Balaban J connectivity index is 1.56. The van der Waals surface area contributed by atoms with Crippen molar-refractivity contribution in [3.05, 3.63) is 77.4 Å². The zero-order chi connectivity index (χ0) is 19.1. The number of carboxylic acid groups (broad SMARTS) is 1. The molecule has 0 aliphatic carbocycles. The molecule has 140 valence electrons. The van der Waals surface area contributed by atoms with Crippen molar-refractivity contribution in [2.24, 2.45) is 0 Å². The van der Waals surface area contributed by atoms with Crippen molar-refractivity contribution in [3.63, 3.8) is 0 Å². The van der Waals surface area contributed by atoms with E-state index in [1.54, 1.807) is 12.1 Å². The van der Waals surface area contributed by atoms with Crippen molar-refractivity contribution in [1.29, 1.82) is 0 Å². The van der Waals surface area contributed by atoms with E-state index < -0.39 is 5.97 Å². The Morgan fingerprint density at radius 2 is 1.96 bits per heavy atom. The molecule has 2 N–H and O–H groups in total. The summed E-state index contributed by atoms with van der Waals surface area (Å²) in [6.07, 6.45) is 2.74. The highest BCUT2D eigenvalue weighted by Gasteiger charge is 2.22. The Kier molecular flexibility index (Phi) is 3.95. The van der Waals surface area contributed by atoms with Gasteiger partial charge in [-0.05, 0) is 36.4 Å². The van der Waals surface area contributed by atoms with Crippen LogP contribution in [0.15, 0.2) is 54.9 Å². The van der Waals surface area contributed by atoms with Crippen LogP contribution >= 0.6 is 0 Å². The summed E-state index contributed by atoms with van der Waals surface area (Å²) in [7, 11) is 0. The van der Waals surface area contributed by atoms with Crippen molar-refractivity contribution in [3.8, 4) is 5.69 Å². The molecular weight excluding hydrogens is 354 g/mol. The molecule has 1 aliphatic heterocycles. The molecule has 2 aromatic carbocycles. The molecule has 0 bridgehead atoms. The van der Waals surface area contributed by atoms with Gasteiger partial charge < -0.3 is 15.0 Å². The quantitative estimate of drug-likeness (QED) is 0.574. The molecular formula is C21H19N5O2. The molecule has 3 heterocycles. The van der Waals surface area contributed by atoms with Crippen LogP contribution in [0.25, 0.3) is 16.7 Å². The number of benzene rings is 2. The Morgan fingerprint density at radius 3 is 2.79 bits per heavy atom. The molecule has 28 heavy (non-hydrogen) atoms. The lowest BCUT2D eigenvalue weighted by Gasteiger charge is -2.16. The van der Waals surface area contributed by atoms with Gasteiger partial charge in [0.2, 0.25) is 0 Å². The van der Waals surface area contributed by atoms with Gasteiger partial charge in [-0.15, -0.1) is 0 Å². The van der Waals surface area contributed by atoms with Crippen molar-refractivity contribution >= 4 is 17.0 Å². The van der Waals surface area contributed by atoms with E-state index in [1.165, 1.54) is 11.3 Å². The Labute approximate surface area is 161 Å². The fourth-order valence-electron chi connectivity index (χ4n) is 3.80. The number of carboxylic acids is 1. The summed E-state index contributed by atoms with van der Waals surface area (Å²) in [5.41, 5.74) is 6.61. The van der Waals surface area contributed by atoms with Crippen LogP contribution in [-0.2, 0) is 19.5 Å². The van der Waals surface area contributed by atoms with Gasteiger partial charge in [0.25, 0.3) is 0 Å². The number of rotatable bonds is 4. The van der Waals surface area contributed by atoms with Crippen molar-refractivity contribution < 1.29 is 9.90 Å². The highest BCUT2D eigenvalue weighted by atomic mass is 16.4. The number of nitrogens with zero attached hydrogens (tertiary/aromatic N) is 4. The molecule has 0 saturated heterocycles. The number of carbonyl (C=O) groups is 1. The molecule has 7 heteroatoms. The van der Waals surface area contributed by atoms with Gasteiger partial charge in [0.1, 0.15) is 0 Å². The standard InChI is InChI=1S/C21H19N5O2/c27-21(28)14-5-7-15(8-6-14)26-19-9-10-22-11-16(19)18(24-26)12-25-13-23-17-3-1-2-4-20(17)25/h1-8,13,22H,9-12H2,(H,27,28). The van der Waals surface area contributed by atoms with Gasteiger partial charge >= 0.3 is 5.97 Å². The van der Waals surface area contributed by atoms with Crippen molar-refractivity contribution in [1.82, 2.24) is 24.6 Å². The lowest BCUT2D eigenvalue weighted by atomic mass is 10.1. The van der Waals surface area contributed by atoms with Crippen LogP contribution < -0.4 is 5.32 Å². The van der Waals surface area contributed by atoms with E-state index >= 15 is 0 Å². The summed E-state index contributed by atoms with van der Waals surface area (Å²) >= 11 is 0. The second kappa shape index (κ2) is 6.61. The van der Waals surface area contributed by atoms with E-state index in [9.17, 15) is 4.79 Å². The molecule has 7 nitrogen and oxygen atoms in total.